The maximum absolute atomic E-state index is 13.2. The summed E-state index contributed by atoms with van der Waals surface area (Å²) in [5.41, 5.74) is 5.38. The minimum Gasteiger partial charge on any atom is -0.392 e. The Morgan fingerprint density at radius 1 is 1.19 bits per heavy atom. The largest absolute Gasteiger partial charge is 0.392 e. The fourth-order valence-electron chi connectivity index (χ4n) is 3.42. The van der Waals surface area contributed by atoms with Crippen LogP contribution in [0.3, 0.4) is 0 Å². The van der Waals surface area contributed by atoms with Gasteiger partial charge in [0, 0.05) is 25.2 Å². The van der Waals surface area contributed by atoms with Crippen molar-refractivity contribution in [3.05, 3.63) is 0 Å². The molecule has 2 unspecified atom stereocenters. The molecule has 1 saturated heterocycles. The van der Waals surface area contributed by atoms with E-state index in [1.54, 1.807) is 0 Å². The zero-order valence-electron chi connectivity index (χ0n) is 14.2. The molecule has 2 N–H and O–H groups in total. The van der Waals surface area contributed by atoms with Gasteiger partial charge < -0.3 is 10.6 Å². The lowest BCUT2D eigenvalue weighted by Gasteiger charge is -2.45. The summed E-state index contributed by atoms with van der Waals surface area (Å²) in [7, 11) is 2.12. The van der Waals surface area contributed by atoms with E-state index in [9.17, 15) is 4.79 Å². The number of hydrogen-bond donors (Lipinski definition) is 1. The number of nitrogens with two attached hydrogens (primary N) is 1. The second kappa shape index (κ2) is 7.54. The first-order valence-electron chi connectivity index (χ1n) is 8.11. The average molecular weight is 314 g/mol. The van der Waals surface area contributed by atoms with E-state index in [0.29, 0.717) is 17.1 Å². The topological polar surface area (TPSA) is 49.6 Å². The summed E-state index contributed by atoms with van der Waals surface area (Å²) in [5, 5.41) is 0. The Morgan fingerprint density at radius 3 is 1.95 bits per heavy atom. The summed E-state index contributed by atoms with van der Waals surface area (Å²) in [6.45, 7) is 10.0. The fraction of sp³-hybridized carbons (Fsp3) is 0.875. The number of carbonyl (C=O) groups is 1. The second-order valence-corrected chi connectivity index (χ2v) is 6.96. The van der Waals surface area contributed by atoms with Gasteiger partial charge in [-0.15, -0.1) is 0 Å². The maximum Gasteiger partial charge on any atom is 0.235 e. The van der Waals surface area contributed by atoms with Crippen molar-refractivity contribution in [1.29, 1.82) is 0 Å². The molecule has 0 aromatic carbocycles. The van der Waals surface area contributed by atoms with Crippen molar-refractivity contribution in [1.82, 2.24) is 9.80 Å². The first-order chi connectivity index (χ1) is 9.80. The zero-order chi connectivity index (χ0) is 16.2. The molecule has 1 rings (SSSR count). The van der Waals surface area contributed by atoms with Gasteiger partial charge in [-0.25, -0.2) is 0 Å². The fourth-order valence-corrected chi connectivity index (χ4v) is 3.71. The van der Waals surface area contributed by atoms with Gasteiger partial charge in [0.25, 0.3) is 0 Å². The molecule has 1 fully saturated rings. The Hall–Kier alpha value is -0.680. The smallest absolute Gasteiger partial charge is 0.235 e. The minimum atomic E-state index is -0.645. The number of carbonyl (C=O) groups excluding carboxylic acids is 1. The SMILES string of the molecule is CCCC(CCC)(C(=O)N1CC(C)N(C)C(C)C1)C(N)=S. The number of piperazine rings is 1. The van der Waals surface area contributed by atoms with Crippen LogP contribution in [-0.4, -0.2) is 52.9 Å². The van der Waals surface area contributed by atoms with Crippen LogP contribution in [0.25, 0.3) is 0 Å². The molecule has 21 heavy (non-hydrogen) atoms. The molecule has 1 heterocycles. The van der Waals surface area contributed by atoms with Crippen LogP contribution >= 0.6 is 12.2 Å². The standard InChI is InChI=1S/C16H31N3OS/c1-6-8-16(9-7-2,14(17)21)15(20)19-10-12(3)18(5)13(4)11-19/h12-13H,6-11H2,1-5H3,(H2,17,21). The monoisotopic (exact) mass is 313 g/mol. The Balaban J connectivity index is 3.02. The van der Waals surface area contributed by atoms with Crippen molar-refractivity contribution in [3.63, 3.8) is 0 Å². The van der Waals surface area contributed by atoms with Gasteiger partial charge in [0.1, 0.15) is 0 Å². The molecule has 2 atom stereocenters. The maximum atomic E-state index is 13.2. The van der Waals surface area contributed by atoms with Crippen molar-refractivity contribution in [2.45, 2.75) is 65.5 Å². The highest BCUT2D eigenvalue weighted by Gasteiger charge is 2.44. The molecule has 0 aliphatic carbocycles. The van der Waals surface area contributed by atoms with E-state index in [1.165, 1.54) is 0 Å². The molecule has 1 aliphatic heterocycles. The highest BCUT2D eigenvalue weighted by molar-refractivity contribution is 7.80. The summed E-state index contributed by atoms with van der Waals surface area (Å²) >= 11 is 5.31. The number of nitrogens with zero attached hydrogens (tertiary/aromatic N) is 2. The third-order valence-corrected chi connectivity index (χ3v) is 5.27. The van der Waals surface area contributed by atoms with Gasteiger partial charge in [-0.1, -0.05) is 38.9 Å². The first kappa shape index (κ1) is 18.4. The van der Waals surface area contributed by atoms with E-state index in [0.717, 1.165) is 38.8 Å². The van der Waals surface area contributed by atoms with E-state index >= 15 is 0 Å². The van der Waals surface area contributed by atoms with E-state index < -0.39 is 5.41 Å². The lowest BCUT2D eigenvalue weighted by atomic mass is 9.77. The molecule has 0 saturated carbocycles. The lowest BCUT2D eigenvalue weighted by Crippen LogP contribution is -2.60. The summed E-state index contributed by atoms with van der Waals surface area (Å²) in [4.78, 5) is 17.9. The molecule has 122 valence electrons. The third kappa shape index (κ3) is 3.75. The Bertz CT molecular complexity index is 368. The van der Waals surface area contributed by atoms with Gasteiger partial charge in [0.05, 0.1) is 10.4 Å². The predicted octanol–water partition coefficient (Wildman–Crippen LogP) is 2.41. The summed E-state index contributed by atoms with van der Waals surface area (Å²) < 4.78 is 0. The van der Waals surface area contributed by atoms with Gasteiger partial charge >= 0.3 is 0 Å². The molecule has 0 aromatic rings. The minimum absolute atomic E-state index is 0.144. The first-order valence-corrected chi connectivity index (χ1v) is 8.52. The van der Waals surface area contributed by atoms with Crippen LogP contribution in [0.1, 0.15) is 53.4 Å². The van der Waals surface area contributed by atoms with Crippen molar-refractivity contribution in [3.8, 4) is 0 Å². The summed E-state index contributed by atoms with van der Waals surface area (Å²) in [6, 6.07) is 0.731. The molecule has 0 spiro atoms. The van der Waals surface area contributed by atoms with Gasteiger partial charge in [-0.05, 0) is 33.7 Å². The quantitative estimate of drug-likeness (QED) is 0.765. The van der Waals surface area contributed by atoms with E-state index in [2.05, 4.69) is 39.6 Å². The van der Waals surface area contributed by atoms with E-state index in [-0.39, 0.29) is 5.91 Å². The summed E-state index contributed by atoms with van der Waals surface area (Å²) in [5.74, 6) is 0.144. The molecule has 1 amide bonds. The van der Waals surface area contributed by atoms with Gasteiger partial charge in [0.15, 0.2) is 0 Å². The van der Waals surface area contributed by atoms with E-state index in [1.807, 2.05) is 4.90 Å². The number of rotatable bonds is 6. The number of hydrogen-bond acceptors (Lipinski definition) is 3. The molecule has 0 radical (unpaired) electrons. The molecule has 5 heteroatoms. The van der Waals surface area contributed by atoms with Crippen LogP contribution in [0.2, 0.25) is 0 Å². The molecule has 1 aliphatic rings. The van der Waals surface area contributed by atoms with Crippen molar-refractivity contribution >= 4 is 23.1 Å². The van der Waals surface area contributed by atoms with Crippen LogP contribution in [0.4, 0.5) is 0 Å². The molecular formula is C16H31N3OS. The lowest BCUT2D eigenvalue weighted by molar-refractivity contribution is -0.143. The highest BCUT2D eigenvalue weighted by atomic mass is 32.1. The van der Waals surface area contributed by atoms with Crippen molar-refractivity contribution < 1.29 is 4.79 Å². The molecule has 0 bridgehead atoms. The van der Waals surface area contributed by atoms with Crippen molar-refractivity contribution in [2.24, 2.45) is 11.1 Å². The Kier molecular flexibility index (Phi) is 6.60. The van der Waals surface area contributed by atoms with Gasteiger partial charge in [-0.3, -0.25) is 9.69 Å². The zero-order valence-corrected chi connectivity index (χ0v) is 15.0. The van der Waals surface area contributed by atoms with Gasteiger partial charge in [-0.2, -0.15) is 0 Å². The Labute approximate surface area is 135 Å². The third-order valence-electron chi connectivity index (χ3n) is 4.88. The van der Waals surface area contributed by atoms with Crippen LogP contribution in [-0.2, 0) is 4.79 Å². The predicted molar refractivity (Wildman–Crippen MR) is 92.3 cm³/mol. The second-order valence-electron chi connectivity index (χ2n) is 6.52. The number of likely N-dealkylation sites (N-methyl/N-ethyl adjacent to an activating group) is 1. The number of thiocarbonyl (C=S) groups is 1. The summed E-state index contributed by atoms with van der Waals surface area (Å²) in [6.07, 6.45) is 3.35. The highest BCUT2D eigenvalue weighted by Crippen LogP contribution is 2.34. The van der Waals surface area contributed by atoms with Crippen LogP contribution in [0.5, 0.6) is 0 Å². The van der Waals surface area contributed by atoms with Crippen LogP contribution in [0, 0.1) is 5.41 Å². The van der Waals surface area contributed by atoms with Gasteiger partial charge in [0.2, 0.25) is 5.91 Å². The Morgan fingerprint density at radius 2 is 1.62 bits per heavy atom. The van der Waals surface area contributed by atoms with E-state index in [4.69, 9.17) is 18.0 Å². The van der Waals surface area contributed by atoms with Crippen LogP contribution in [0.15, 0.2) is 0 Å². The average Bonchev–Trinajstić information content (AvgIpc) is 2.42. The normalized spacial score (nSPS) is 24.1. The molecule has 0 aromatic heterocycles. The molecule has 4 nitrogen and oxygen atoms in total. The van der Waals surface area contributed by atoms with Crippen molar-refractivity contribution in [2.75, 3.05) is 20.1 Å². The number of amides is 1. The molecular weight excluding hydrogens is 282 g/mol. The van der Waals surface area contributed by atoms with Crippen LogP contribution < -0.4 is 5.73 Å².